The van der Waals surface area contributed by atoms with Crippen LogP contribution >= 0.6 is 0 Å². The average molecular weight is 238 g/mol. The van der Waals surface area contributed by atoms with Crippen LogP contribution in [0.25, 0.3) is 0 Å². The molecule has 0 unspecified atom stereocenters. The number of aromatic carboxylic acids is 1. The van der Waals surface area contributed by atoms with E-state index >= 15 is 0 Å². The molecule has 0 aliphatic heterocycles. The average Bonchev–Trinajstić information content (AvgIpc) is 2.29. The van der Waals surface area contributed by atoms with Gasteiger partial charge in [-0.25, -0.2) is 14.8 Å². The molecule has 0 aromatic carbocycles. The number of nitrogens with one attached hydrogen (secondary N) is 1. The Kier molecular flexibility index (Phi) is 4.84. The summed E-state index contributed by atoms with van der Waals surface area (Å²) in [5.41, 5.74) is 0.0969. The number of carboxylic acid groups (broad SMARTS) is 1. The Bertz CT molecular complexity index is 381. The fraction of sp³-hybridized carbons (Fsp3) is 0.545. The van der Waals surface area contributed by atoms with Crippen LogP contribution < -0.4 is 5.32 Å². The molecule has 17 heavy (non-hydrogen) atoms. The number of carbonyl (C=O) groups is 1. The minimum absolute atomic E-state index is 0.0969. The van der Waals surface area contributed by atoms with Crippen molar-refractivity contribution in [3.8, 4) is 0 Å². The second kappa shape index (κ2) is 6.15. The van der Waals surface area contributed by atoms with Crippen molar-refractivity contribution in [1.82, 2.24) is 14.9 Å². The zero-order chi connectivity index (χ0) is 12.8. The van der Waals surface area contributed by atoms with E-state index in [0.717, 1.165) is 6.54 Å². The number of rotatable bonds is 6. The van der Waals surface area contributed by atoms with Gasteiger partial charge in [-0.1, -0.05) is 0 Å². The van der Waals surface area contributed by atoms with Gasteiger partial charge in [0, 0.05) is 25.3 Å². The Morgan fingerprint density at radius 1 is 1.59 bits per heavy atom. The van der Waals surface area contributed by atoms with E-state index in [9.17, 15) is 4.79 Å². The van der Waals surface area contributed by atoms with Gasteiger partial charge in [0.2, 0.25) is 0 Å². The third kappa shape index (κ3) is 3.99. The van der Waals surface area contributed by atoms with Crippen molar-refractivity contribution in [1.29, 1.82) is 0 Å². The highest BCUT2D eigenvalue weighted by molar-refractivity contribution is 5.92. The van der Waals surface area contributed by atoms with Crippen molar-refractivity contribution < 1.29 is 9.90 Å². The van der Waals surface area contributed by atoms with E-state index in [1.165, 1.54) is 12.5 Å². The van der Waals surface area contributed by atoms with Crippen LogP contribution in [0.15, 0.2) is 12.5 Å². The van der Waals surface area contributed by atoms with E-state index in [2.05, 4.69) is 34.0 Å². The topological polar surface area (TPSA) is 78.3 Å². The van der Waals surface area contributed by atoms with Crippen LogP contribution in [0.1, 0.15) is 24.2 Å². The maximum Gasteiger partial charge on any atom is 0.341 e. The van der Waals surface area contributed by atoms with Gasteiger partial charge in [-0.05, 0) is 20.9 Å². The number of hydrogen-bond donors (Lipinski definition) is 2. The van der Waals surface area contributed by atoms with Gasteiger partial charge in [0.1, 0.15) is 17.7 Å². The molecule has 0 radical (unpaired) electrons. The van der Waals surface area contributed by atoms with Gasteiger partial charge in [-0.15, -0.1) is 0 Å². The lowest BCUT2D eigenvalue weighted by atomic mass is 10.3. The van der Waals surface area contributed by atoms with Gasteiger partial charge in [0.25, 0.3) is 0 Å². The summed E-state index contributed by atoms with van der Waals surface area (Å²) in [5.74, 6) is -0.657. The lowest BCUT2D eigenvalue weighted by molar-refractivity contribution is 0.0697. The Balaban J connectivity index is 2.55. The van der Waals surface area contributed by atoms with Crippen molar-refractivity contribution in [2.24, 2.45) is 0 Å². The molecule has 0 atom stereocenters. The largest absolute Gasteiger partial charge is 0.477 e. The molecule has 0 saturated carbocycles. The summed E-state index contributed by atoms with van der Waals surface area (Å²) in [6, 6.07) is 0.459. The van der Waals surface area contributed by atoms with Crippen LogP contribution in [0.3, 0.4) is 0 Å². The first-order valence-corrected chi connectivity index (χ1v) is 5.49. The summed E-state index contributed by atoms with van der Waals surface area (Å²) in [6.07, 6.45) is 2.63. The van der Waals surface area contributed by atoms with Crippen LogP contribution in [0.4, 0.5) is 5.82 Å². The summed E-state index contributed by atoms with van der Waals surface area (Å²) in [7, 11) is 2.02. The van der Waals surface area contributed by atoms with Gasteiger partial charge in [0.15, 0.2) is 0 Å². The summed E-state index contributed by atoms with van der Waals surface area (Å²) in [6.45, 7) is 5.67. The minimum atomic E-state index is -1.02. The van der Waals surface area contributed by atoms with Crippen molar-refractivity contribution in [3.63, 3.8) is 0 Å². The number of nitrogens with zero attached hydrogens (tertiary/aromatic N) is 3. The molecule has 0 saturated heterocycles. The molecule has 1 rings (SSSR count). The highest BCUT2D eigenvalue weighted by Gasteiger charge is 2.11. The van der Waals surface area contributed by atoms with E-state index in [1.54, 1.807) is 0 Å². The van der Waals surface area contributed by atoms with Crippen LogP contribution in [0.2, 0.25) is 0 Å². The van der Waals surface area contributed by atoms with E-state index in [1.807, 2.05) is 7.05 Å². The maximum atomic E-state index is 10.9. The fourth-order valence-electron chi connectivity index (χ4n) is 1.24. The lowest BCUT2D eigenvalue weighted by Gasteiger charge is -2.21. The van der Waals surface area contributed by atoms with Crippen LogP contribution in [0.5, 0.6) is 0 Å². The number of likely N-dealkylation sites (N-methyl/N-ethyl adjacent to an activating group) is 1. The first-order valence-electron chi connectivity index (χ1n) is 5.49. The Labute approximate surface area is 101 Å². The molecule has 6 nitrogen and oxygen atoms in total. The van der Waals surface area contributed by atoms with E-state index in [4.69, 9.17) is 5.11 Å². The van der Waals surface area contributed by atoms with Crippen LogP contribution in [-0.4, -0.2) is 52.1 Å². The van der Waals surface area contributed by atoms with Crippen molar-refractivity contribution in [2.45, 2.75) is 19.9 Å². The second-order valence-corrected chi connectivity index (χ2v) is 4.09. The van der Waals surface area contributed by atoms with Crippen LogP contribution in [-0.2, 0) is 0 Å². The molecular formula is C11H18N4O2. The first-order chi connectivity index (χ1) is 8.02. The molecule has 1 aromatic rings. The summed E-state index contributed by atoms with van der Waals surface area (Å²) < 4.78 is 0. The monoisotopic (exact) mass is 238 g/mol. The molecule has 0 aliphatic carbocycles. The lowest BCUT2D eigenvalue weighted by Crippen LogP contribution is -2.31. The van der Waals surface area contributed by atoms with Gasteiger partial charge < -0.3 is 15.3 Å². The molecule has 0 bridgehead atoms. The SMILES string of the molecule is CC(C)N(C)CCNc1ncncc1C(=O)O. The van der Waals surface area contributed by atoms with Gasteiger partial charge in [-0.2, -0.15) is 0 Å². The molecule has 1 aromatic heterocycles. The Hall–Kier alpha value is -1.69. The molecule has 0 amide bonds. The summed E-state index contributed by atoms with van der Waals surface area (Å²) in [5, 5.41) is 11.9. The standard InChI is InChI=1S/C11H18N4O2/c1-8(2)15(3)5-4-13-10-9(11(16)17)6-12-7-14-10/h6-8H,4-5H2,1-3H3,(H,16,17)(H,12,13,14). The van der Waals surface area contributed by atoms with Gasteiger partial charge >= 0.3 is 5.97 Å². The first kappa shape index (κ1) is 13.4. The van der Waals surface area contributed by atoms with E-state index in [0.29, 0.717) is 18.4 Å². The highest BCUT2D eigenvalue weighted by atomic mass is 16.4. The summed E-state index contributed by atoms with van der Waals surface area (Å²) >= 11 is 0. The number of aromatic nitrogens is 2. The predicted molar refractivity (Wildman–Crippen MR) is 65.2 cm³/mol. The third-order valence-electron chi connectivity index (χ3n) is 2.58. The van der Waals surface area contributed by atoms with Crippen molar-refractivity contribution >= 4 is 11.8 Å². The maximum absolute atomic E-state index is 10.9. The Morgan fingerprint density at radius 2 is 2.29 bits per heavy atom. The van der Waals surface area contributed by atoms with Crippen molar-refractivity contribution in [3.05, 3.63) is 18.1 Å². The minimum Gasteiger partial charge on any atom is -0.477 e. The quantitative estimate of drug-likeness (QED) is 0.767. The predicted octanol–water partition coefficient (Wildman–Crippen LogP) is 0.927. The molecular weight excluding hydrogens is 220 g/mol. The van der Waals surface area contributed by atoms with E-state index in [-0.39, 0.29) is 5.56 Å². The smallest absolute Gasteiger partial charge is 0.341 e. The normalized spacial score (nSPS) is 10.9. The molecule has 94 valence electrons. The molecule has 2 N–H and O–H groups in total. The van der Waals surface area contributed by atoms with E-state index < -0.39 is 5.97 Å². The fourth-order valence-corrected chi connectivity index (χ4v) is 1.24. The van der Waals surface area contributed by atoms with Crippen molar-refractivity contribution in [2.75, 3.05) is 25.5 Å². The number of carboxylic acids is 1. The third-order valence-corrected chi connectivity index (χ3v) is 2.58. The number of anilines is 1. The second-order valence-electron chi connectivity index (χ2n) is 4.09. The van der Waals surface area contributed by atoms with Gasteiger partial charge in [0.05, 0.1) is 0 Å². The number of hydrogen-bond acceptors (Lipinski definition) is 5. The molecule has 0 aliphatic rings. The molecule has 6 heteroatoms. The zero-order valence-electron chi connectivity index (χ0n) is 10.3. The summed E-state index contributed by atoms with van der Waals surface area (Å²) in [4.78, 5) is 20.7. The van der Waals surface area contributed by atoms with Crippen LogP contribution in [0, 0.1) is 0 Å². The molecule has 1 heterocycles. The Morgan fingerprint density at radius 3 is 2.88 bits per heavy atom. The van der Waals surface area contributed by atoms with Gasteiger partial charge in [-0.3, -0.25) is 0 Å². The molecule has 0 fully saturated rings. The molecule has 0 spiro atoms. The highest BCUT2D eigenvalue weighted by Crippen LogP contribution is 2.09. The zero-order valence-corrected chi connectivity index (χ0v) is 10.3.